The average Bonchev–Trinajstić information content (AvgIpc) is 2.79. The van der Waals surface area contributed by atoms with Crippen LogP contribution in [0.5, 0.6) is 11.5 Å². The summed E-state index contributed by atoms with van der Waals surface area (Å²) >= 11 is 6.10. The maximum absolute atomic E-state index is 13.2. The Balaban J connectivity index is 1.64. The first kappa shape index (κ1) is 21.5. The third-order valence-corrected chi connectivity index (χ3v) is 5.12. The fourth-order valence-electron chi connectivity index (χ4n) is 3.27. The molecule has 3 aromatic carbocycles. The standard InChI is InChI=1S/C25H20ClNO5/c1-15-8-10-18-21(12-15)32-24(16-6-4-3-5-7-16)25(23(18)29)31-14-22(28)27-17-9-11-20(30-2)19(26)13-17/h3-13H,14H2,1-2H3,(H,27,28). The van der Waals surface area contributed by atoms with Crippen LogP contribution in [-0.4, -0.2) is 19.6 Å². The number of anilines is 1. The molecule has 7 heteroatoms. The number of amides is 1. The fourth-order valence-corrected chi connectivity index (χ4v) is 3.53. The van der Waals surface area contributed by atoms with E-state index in [1.54, 1.807) is 30.3 Å². The van der Waals surface area contributed by atoms with Crippen LogP contribution in [0.2, 0.25) is 5.02 Å². The molecule has 1 heterocycles. The lowest BCUT2D eigenvalue weighted by atomic mass is 10.1. The van der Waals surface area contributed by atoms with Gasteiger partial charge in [0.15, 0.2) is 12.4 Å². The number of halogens is 1. The SMILES string of the molecule is COc1ccc(NC(=O)COc2c(-c3ccccc3)oc3cc(C)ccc3c2=O)cc1Cl. The second-order valence-electron chi connectivity index (χ2n) is 7.14. The van der Waals surface area contributed by atoms with Crippen molar-refractivity contribution in [3.63, 3.8) is 0 Å². The van der Waals surface area contributed by atoms with Crippen LogP contribution in [0.4, 0.5) is 5.69 Å². The number of carbonyl (C=O) groups is 1. The molecular weight excluding hydrogens is 430 g/mol. The van der Waals surface area contributed by atoms with Crippen LogP contribution in [-0.2, 0) is 4.79 Å². The smallest absolute Gasteiger partial charge is 0.262 e. The number of fused-ring (bicyclic) bond motifs is 1. The fraction of sp³-hybridized carbons (Fsp3) is 0.120. The lowest BCUT2D eigenvalue weighted by Gasteiger charge is -2.12. The molecule has 32 heavy (non-hydrogen) atoms. The van der Waals surface area contributed by atoms with E-state index in [4.69, 9.17) is 25.5 Å². The second-order valence-corrected chi connectivity index (χ2v) is 7.55. The second kappa shape index (κ2) is 9.16. The highest BCUT2D eigenvalue weighted by molar-refractivity contribution is 6.32. The van der Waals surface area contributed by atoms with E-state index < -0.39 is 5.91 Å². The third-order valence-electron chi connectivity index (χ3n) is 4.83. The zero-order valence-corrected chi connectivity index (χ0v) is 18.2. The molecule has 1 N–H and O–H groups in total. The summed E-state index contributed by atoms with van der Waals surface area (Å²) < 4.78 is 16.8. The minimum absolute atomic E-state index is 0.0181. The van der Waals surface area contributed by atoms with Crippen LogP contribution in [0.15, 0.2) is 75.9 Å². The normalized spacial score (nSPS) is 10.7. The van der Waals surface area contributed by atoms with Crippen molar-refractivity contribution in [3.05, 3.63) is 87.5 Å². The number of rotatable bonds is 6. The van der Waals surface area contributed by atoms with E-state index in [9.17, 15) is 9.59 Å². The first-order chi connectivity index (χ1) is 15.5. The van der Waals surface area contributed by atoms with Gasteiger partial charge in [0.25, 0.3) is 5.91 Å². The van der Waals surface area contributed by atoms with Gasteiger partial charge in [0, 0.05) is 11.3 Å². The molecule has 0 aliphatic rings. The molecule has 0 aliphatic carbocycles. The van der Waals surface area contributed by atoms with Crippen molar-refractivity contribution >= 4 is 34.2 Å². The predicted octanol–water partition coefficient (Wildman–Crippen LogP) is 5.45. The highest BCUT2D eigenvalue weighted by Crippen LogP contribution is 2.31. The Kier molecular flexibility index (Phi) is 6.14. The Bertz CT molecular complexity index is 1350. The lowest BCUT2D eigenvalue weighted by Crippen LogP contribution is -2.22. The van der Waals surface area contributed by atoms with Gasteiger partial charge >= 0.3 is 0 Å². The van der Waals surface area contributed by atoms with E-state index in [1.165, 1.54) is 7.11 Å². The van der Waals surface area contributed by atoms with Crippen molar-refractivity contribution in [3.8, 4) is 22.8 Å². The molecule has 0 atom stereocenters. The minimum atomic E-state index is -0.450. The molecule has 0 bridgehead atoms. The van der Waals surface area contributed by atoms with Gasteiger partial charge in [-0.15, -0.1) is 0 Å². The minimum Gasteiger partial charge on any atom is -0.495 e. The summed E-state index contributed by atoms with van der Waals surface area (Å²) in [6.07, 6.45) is 0. The van der Waals surface area contributed by atoms with Gasteiger partial charge in [-0.1, -0.05) is 48.0 Å². The molecule has 0 saturated heterocycles. The number of methoxy groups -OCH3 is 1. The Morgan fingerprint density at radius 1 is 1.06 bits per heavy atom. The summed E-state index contributed by atoms with van der Waals surface area (Å²) in [5.74, 6) is 0.301. The Hall–Kier alpha value is -3.77. The Labute approximate surface area is 189 Å². The van der Waals surface area contributed by atoms with Gasteiger partial charge in [-0.3, -0.25) is 9.59 Å². The van der Waals surface area contributed by atoms with E-state index in [0.29, 0.717) is 33.0 Å². The molecule has 0 unspecified atom stereocenters. The van der Waals surface area contributed by atoms with Gasteiger partial charge < -0.3 is 19.2 Å². The van der Waals surface area contributed by atoms with E-state index in [2.05, 4.69) is 5.32 Å². The van der Waals surface area contributed by atoms with E-state index >= 15 is 0 Å². The summed E-state index contributed by atoms with van der Waals surface area (Å²) in [5, 5.41) is 3.44. The third kappa shape index (κ3) is 4.45. The molecule has 6 nitrogen and oxygen atoms in total. The van der Waals surface area contributed by atoms with Crippen LogP contribution < -0.4 is 20.2 Å². The van der Waals surface area contributed by atoms with Crippen molar-refractivity contribution in [1.82, 2.24) is 0 Å². The van der Waals surface area contributed by atoms with Crippen LogP contribution in [0.1, 0.15) is 5.56 Å². The van der Waals surface area contributed by atoms with Gasteiger partial charge in [-0.25, -0.2) is 0 Å². The van der Waals surface area contributed by atoms with E-state index in [1.807, 2.05) is 43.3 Å². The summed E-state index contributed by atoms with van der Waals surface area (Å²) in [7, 11) is 1.51. The highest BCUT2D eigenvalue weighted by atomic mass is 35.5. The molecule has 1 amide bonds. The van der Waals surface area contributed by atoms with Crippen LogP contribution >= 0.6 is 11.6 Å². The lowest BCUT2D eigenvalue weighted by molar-refractivity contribution is -0.118. The number of carbonyl (C=O) groups excluding carboxylic acids is 1. The average molecular weight is 450 g/mol. The molecular formula is C25H20ClNO5. The summed E-state index contributed by atoms with van der Waals surface area (Å²) in [6.45, 7) is 1.54. The molecule has 0 fully saturated rings. The van der Waals surface area contributed by atoms with Gasteiger partial charge in [-0.2, -0.15) is 0 Å². The number of nitrogens with one attached hydrogen (secondary N) is 1. The molecule has 4 rings (SSSR count). The quantitative estimate of drug-likeness (QED) is 0.423. The molecule has 0 spiro atoms. The zero-order valence-electron chi connectivity index (χ0n) is 17.5. The Morgan fingerprint density at radius 3 is 2.56 bits per heavy atom. The number of ether oxygens (including phenoxy) is 2. The van der Waals surface area contributed by atoms with Crippen molar-refractivity contribution in [2.45, 2.75) is 6.92 Å². The number of hydrogen-bond donors (Lipinski definition) is 1. The molecule has 0 radical (unpaired) electrons. The number of aryl methyl sites for hydroxylation is 1. The molecule has 4 aromatic rings. The topological polar surface area (TPSA) is 77.8 Å². The molecule has 0 aliphatic heterocycles. The van der Waals surface area contributed by atoms with Gasteiger partial charge in [0.05, 0.1) is 17.5 Å². The largest absolute Gasteiger partial charge is 0.495 e. The van der Waals surface area contributed by atoms with Gasteiger partial charge in [0.2, 0.25) is 11.2 Å². The summed E-state index contributed by atoms with van der Waals surface area (Å²) in [6, 6.07) is 19.3. The summed E-state index contributed by atoms with van der Waals surface area (Å²) in [4.78, 5) is 25.6. The highest BCUT2D eigenvalue weighted by Gasteiger charge is 2.19. The van der Waals surface area contributed by atoms with Crippen LogP contribution in [0.25, 0.3) is 22.3 Å². The van der Waals surface area contributed by atoms with E-state index in [0.717, 1.165) is 5.56 Å². The molecule has 1 aromatic heterocycles. The first-order valence-corrected chi connectivity index (χ1v) is 10.2. The van der Waals surface area contributed by atoms with Crippen LogP contribution in [0, 0.1) is 6.92 Å². The first-order valence-electron chi connectivity index (χ1n) is 9.85. The molecule has 162 valence electrons. The van der Waals surface area contributed by atoms with Gasteiger partial charge in [-0.05, 0) is 42.8 Å². The maximum atomic E-state index is 13.2. The van der Waals surface area contributed by atoms with E-state index in [-0.39, 0.29) is 23.5 Å². The van der Waals surface area contributed by atoms with Crippen LogP contribution in [0.3, 0.4) is 0 Å². The summed E-state index contributed by atoms with van der Waals surface area (Å²) in [5.41, 5.74) is 2.23. The monoisotopic (exact) mass is 449 g/mol. The Morgan fingerprint density at radius 2 is 1.84 bits per heavy atom. The molecule has 0 saturated carbocycles. The number of benzene rings is 3. The zero-order chi connectivity index (χ0) is 22.7. The van der Waals surface area contributed by atoms with Crippen molar-refractivity contribution in [2.75, 3.05) is 19.0 Å². The van der Waals surface area contributed by atoms with Crippen molar-refractivity contribution in [2.24, 2.45) is 0 Å². The van der Waals surface area contributed by atoms with Gasteiger partial charge in [0.1, 0.15) is 11.3 Å². The number of hydrogen-bond acceptors (Lipinski definition) is 5. The predicted molar refractivity (Wildman–Crippen MR) is 125 cm³/mol. The van der Waals surface area contributed by atoms with Crippen molar-refractivity contribution < 1.29 is 18.7 Å². The van der Waals surface area contributed by atoms with Crippen molar-refractivity contribution in [1.29, 1.82) is 0 Å². The maximum Gasteiger partial charge on any atom is 0.262 e.